The van der Waals surface area contributed by atoms with Crippen molar-refractivity contribution in [1.29, 1.82) is 0 Å². The number of hydrogen-bond acceptors (Lipinski definition) is 2. The van der Waals surface area contributed by atoms with E-state index in [4.69, 9.17) is 4.74 Å². The third-order valence-electron chi connectivity index (χ3n) is 11.5. The minimum absolute atomic E-state index is 0.850. The summed E-state index contributed by atoms with van der Waals surface area (Å²) in [6.07, 6.45) is 0. The average molecular weight is 740 g/mol. The standard InChI is InChI=1S/C56H37NO/c1-2-11-38(12-3-1)40-23-27-46(28-24-40)57(47-29-25-39-13-4-5-15-42(39)36-47)48-30-32-50-45(37-48)22-21-43-35-44(26-31-49(43)50)51-33-34-56(54-19-9-8-18-53(51)54)58-55-20-10-16-41-14-6-7-17-52(41)55/h1-37H. The first kappa shape index (κ1) is 33.6. The lowest BCUT2D eigenvalue weighted by atomic mass is 9.94. The van der Waals surface area contributed by atoms with Crippen LogP contribution in [0.4, 0.5) is 17.1 Å². The Morgan fingerprint density at radius 1 is 0.259 bits per heavy atom. The van der Waals surface area contributed by atoms with Gasteiger partial charge < -0.3 is 9.64 Å². The Bertz CT molecular complexity index is 3310. The van der Waals surface area contributed by atoms with Crippen molar-refractivity contribution in [3.05, 3.63) is 224 Å². The lowest BCUT2D eigenvalue weighted by Crippen LogP contribution is -2.09. The van der Waals surface area contributed by atoms with Crippen molar-refractivity contribution in [2.45, 2.75) is 0 Å². The van der Waals surface area contributed by atoms with Crippen LogP contribution >= 0.6 is 0 Å². The Morgan fingerprint density at radius 2 is 0.793 bits per heavy atom. The predicted octanol–water partition coefficient (Wildman–Crippen LogP) is 16.0. The summed E-state index contributed by atoms with van der Waals surface area (Å²) in [6.45, 7) is 0. The normalized spacial score (nSPS) is 11.4. The molecule has 0 amide bonds. The van der Waals surface area contributed by atoms with Gasteiger partial charge in [-0.3, -0.25) is 0 Å². The minimum atomic E-state index is 0.850. The summed E-state index contributed by atoms with van der Waals surface area (Å²) in [5, 5.41) is 11.8. The van der Waals surface area contributed by atoms with Gasteiger partial charge in [0.15, 0.2) is 0 Å². The molecule has 58 heavy (non-hydrogen) atoms. The molecule has 11 aromatic carbocycles. The molecule has 0 saturated carbocycles. The van der Waals surface area contributed by atoms with Crippen molar-refractivity contribution in [1.82, 2.24) is 0 Å². The Labute approximate surface area is 337 Å². The third-order valence-corrected chi connectivity index (χ3v) is 11.5. The molecule has 2 heteroatoms. The molecule has 272 valence electrons. The molecule has 0 bridgehead atoms. The van der Waals surface area contributed by atoms with E-state index in [0.29, 0.717) is 0 Å². The van der Waals surface area contributed by atoms with Crippen LogP contribution < -0.4 is 9.64 Å². The molecular weight excluding hydrogens is 703 g/mol. The number of anilines is 3. The van der Waals surface area contributed by atoms with Crippen molar-refractivity contribution < 1.29 is 4.74 Å². The molecule has 0 N–H and O–H groups in total. The number of fused-ring (bicyclic) bond motifs is 6. The molecule has 0 spiro atoms. The summed E-state index contributed by atoms with van der Waals surface area (Å²) in [6, 6.07) is 80.5. The Kier molecular flexibility index (Phi) is 8.19. The first-order chi connectivity index (χ1) is 28.7. The molecule has 0 radical (unpaired) electrons. The van der Waals surface area contributed by atoms with Gasteiger partial charge >= 0.3 is 0 Å². The molecule has 0 aliphatic heterocycles. The Hall–Kier alpha value is -7.68. The largest absolute Gasteiger partial charge is 0.456 e. The summed E-state index contributed by atoms with van der Waals surface area (Å²) in [5.41, 5.74) is 8.12. The molecule has 11 rings (SSSR count). The molecule has 0 aliphatic carbocycles. The fourth-order valence-electron chi connectivity index (χ4n) is 8.58. The van der Waals surface area contributed by atoms with Gasteiger partial charge in [-0.25, -0.2) is 0 Å². The second-order valence-corrected chi connectivity index (χ2v) is 14.9. The van der Waals surface area contributed by atoms with Gasteiger partial charge in [0.25, 0.3) is 0 Å². The molecule has 11 aromatic rings. The van der Waals surface area contributed by atoms with E-state index in [1.807, 2.05) is 6.07 Å². The van der Waals surface area contributed by atoms with Gasteiger partial charge in [0.1, 0.15) is 11.5 Å². The van der Waals surface area contributed by atoms with Crippen LogP contribution in [0.1, 0.15) is 0 Å². The van der Waals surface area contributed by atoms with E-state index in [1.54, 1.807) is 0 Å². The van der Waals surface area contributed by atoms with Crippen LogP contribution in [0.2, 0.25) is 0 Å². The zero-order valence-electron chi connectivity index (χ0n) is 31.7. The van der Waals surface area contributed by atoms with Crippen LogP contribution in [-0.4, -0.2) is 0 Å². The molecular formula is C56H37NO. The van der Waals surface area contributed by atoms with Gasteiger partial charge in [-0.1, -0.05) is 170 Å². The van der Waals surface area contributed by atoms with Crippen LogP contribution in [0.15, 0.2) is 224 Å². The third kappa shape index (κ3) is 6.00. The van der Waals surface area contributed by atoms with E-state index >= 15 is 0 Å². The highest BCUT2D eigenvalue weighted by Gasteiger charge is 2.16. The number of benzene rings is 11. The SMILES string of the molecule is c1ccc(-c2ccc(N(c3ccc4ccccc4c3)c3ccc4c(ccc5cc(-c6ccc(Oc7cccc8ccccc78)c7ccccc67)ccc54)c3)cc2)cc1. The van der Waals surface area contributed by atoms with E-state index < -0.39 is 0 Å². The highest BCUT2D eigenvalue weighted by molar-refractivity contribution is 6.11. The van der Waals surface area contributed by atoms with E-state index in [-0.39, 0.29) is 0 Å². The number of hydrogen-bond donors (Lipinski definition) is 0. The van der Waals surface area contributed by atoms with Crippen molar-refractivity contribution in [3.63, 3.8) is 0 Å². The van der Waals surface area contributed by atoms with Gasteiger partial charge in [0, 0.05) is 27.8 Å². The summed E-state index contributed by atoms with van der Waals surface area (Å²) >= 11 is 0. The second-order valence-electron chi connectivity index (χ2n) is 14.9. The fourth-order valence-corrected chi connectivity index (χ4v) is 8.58. The summed E-state index contributed by atoms with van der Waals surface area (Å²) in [4.78, 5) is 2.37. The zero-order valence-corrected chi connectivity index (χ0v) is 31.7. The van der Waals surface area contributed by atoms with Crippen LogP contribution in [0.25, 0.3) is 76.1 Å². The second kappa shape index (κ2) is 14.1. The monoisotopic (exact) mass is 739 g/mol. The van der Waals surface area contributed by atoms with E-state index in [9.17, 15) is 0 Å². The van der Waals surface area contributed by atoms with Crippen LogP contribution in [0.3, 0.4) is 0 Å². The molecule has 2 nitrogen and oxygen atoms in total. The van der Waals surface area contributed by atoms with Crippen molar-refractivity contribution >= 4 is 70.9 Å². The fraction of sp³-hybridized carbons (Fsp3) is 0. The van der Waals surface area contributed by atoms with Gasteiger partial charge in [0.2, 0.25) is 0 Å². The highest BCUT2D eigenvalue weighted by Crippen LogP contribution is 2.42. The summed E-state index contributed by atoms with van der Waals surface area (Å²) < 4.78 is 6.64. The maximum atomic E-state index is 6.64. The number of rotatable bonds is 7. The topological polar surface area (TPSA) is 12.5 Å². The lowest BCUT2D eigenvalue weighted by Gasteiger charge is -2.26. The van der Waals surface area contributed by atoms with Gasteiger partial charge in [-0.05, 0) is 120 Å². The van der Waals surface area contributed by atoms with E-state index in [0.717, 1.165) is 50.1 Å². The zero-order chi connectivity index (χ0) is 38.4. The Balaban J connectivity index is 0.970. The summed E-state index contributed by atoms with van der Waals surface area (Å²) in [7, 11) is 0. The minimum Gasteiger partial charge on any atom is -0.456 e. The van der Waals surface area contributed by atoms with E-state index in [2.05, 4.69) is 223 Å². The van der Waals surface area contributed by atoms with Crippen LogP contribution in [0.5, 0.6) is 11.5 Å². The van der Waals surface area contributed by atoms with Crippen molar-refractivity contribution in [3.8, 4) is 33.8 Å². The molecule has 0 saturated heterocycles. The maximum absolute atomic E-state index is 6.64. The highest BCUT2D eigenvalue weighted by atomic mass is 16.5. The summed E-state index contributed by atoms with van der Waals surface area (Å²) in [5.74, 6) is 1.71. The molecule has 0 fully saturated rings. The molecule has 0 aliphatic rings. The first-order valence-electron chi connectivity index (χ1n) is 19.8. The Morgan fingerprint density at radius 3 is 1.60 bits per heavy atom. The van der Waals surface area contributed by atoms with E-state index in [1.165, 1.54) is 54.6 Å². The smallest absolute Gasteiger partial charge is 0.135 e. The average Bonchev–Trinajstić information content (AvgIpc) is 3.29. The van der Waals surface area contributed by atoms with Gasteiger partial charge in [-0.2, -0.15) is 0 Å². The van der Waals surface area contributed by atoms with Gasteiger partial charge in [0.05, 0.1) is 0 Å². The predicted molar refractivity (Wildman–Crippen MR) is 246 cm³/mol. The molecule has 0 heterocycles. The lowest BCUT2D eigenvalue weighted by molar-refractivity contribution is 0.494. The van der Waals surface area contributed by atoms with Crippen molar-refractivity contribution in [2.75, 3.05) is 4.90 Å². The van der Waals surface area contributed by atoms with Crippen LogP contribution in [-0.2, 0) is 0 Å². The van der Waals surface area contributed by atoms with Crippen molar-refractivity contribution in [2.24, 2.45) is 0 Å². The van der Waals surface area contributed by atoms with Gasteiger partial charge in [-0.15, -0.1) is 0 Å². The number of ether oxygens (including phenoxy) is 1. The number of nitrogens with zero attached hydrogens (tertiary/aromatic N) is 1. The molecule has 0 aromatic heterocycles. The molecule has 0 atom stereocenters. The maximum Gasteiger partial charge on any atom is 0.135 e. The van der Waals surface area contributed by atoms with Crippen LogP contribution in [0, 0.1) is 0 Å². The molecule has 0 unspecified atom stereocenters. The first-order valence-corrected chi connectivity index (χ1v) is 19.8. The quantitative estimate of drug-likeness (QED) is 0.151.